The summed E-state index contributed by atoms with van der Waals surface area (Å²) in [6.07, 6.45) is 0.663. The van der Waals surface area contributed by atoms with Gasteiger partial charge < -0.3 is 25.2 Å². The molecule has 0 radical (unpaired) electrons. The Kier molecular flexibility index (Phi) is 9.49. The molecule has 2 unspecified atom stereocenters. The van der Waals surface area contributed by atoms with Crippen molar-refractivity contribution >= 4 is 6.09 Å². The second-order valence-electron chi connectivity index (χ2n) is 7.06. The molecule has 1 aromatic carbocycles. The van der Waals surface area contributed by atoms with Crippen LogP contribution in [0.1, 0.15) is 45.3 Å². The Morgan fingerprint density at radius 2 is 1.92 bits per heavy atom. The first-order valence-corrected chi connectivity index (χ1v) is 8.74. The molecule has 0 aromatic heterocycles. The highest BCUT2D eigenvalue weighted by molar-refractivity contribution is 5.67. The minimum atomic E-state index is -0.555. The van der Waals surface area contributed by atoms with Crippen molar-refractivity contribution in [2.24, 2.45) is 0 Å². The van der Waals surface area contributed by atoms with Gasteiger partial charge in [0.1, 0.15) is 5.60 Å². The molecule has 6 nitrogen and oxygen atoms in total. The highest BCUT2D eigenvalue weighted by Crippen LogP contribution is 2.11. The molecule has 25 heavy (non-hydrogen) atoms. The number of nitrogens with one attached hydrogen (secondary N) is 2. The Hall–Kier alpha value is -1.63. The number of ether oxygens (including phenoxy) is 2. The Bertz CT molecular complexity index is 488. The van der Waals surface area contributed by atoms with Crippen LogP contribution in [0.15, 0.2) is 30.3 Å². The molecule has 0 aliphatic rings. The van der Waals surface area contributed by atoms with Gasteiger partial charge in [0.25, 0.3) is 0 Å². The van der Waals surface area contributed by atoms with Crippen molar-refractivity contribution in [2.75, 3.05) is 26.8 Å². The number of hydrogen-bond acceptors (Lipinski definition) is 5. The molecule has 0 aliphatic carbocycles. The standard InChI is InChI=1S/C19H32N2O4/c1-19(2,3)25-18(23)20-12-8-11-16(14-24-4)21-13-17(22)15-9-6-5-7-10-15/h5-7,9-10,16-17,21-22H,8,11-14H2,1-4H3,(H,20,23). The molecule has 2 atom stereocenters. The summed E-state index contributed by atoms with van der Waals surface area (Å²) < 4.78 is 10.4. The van der Waals surface area contributed by atoms with Crippen molar-refractivity contribution in [3.63, 3.8) is 0 Å². The van der Waals surface area contributed by atoms with Crippen LogP contribution in [0.5, 0.6) is 0 Å². The van der Waals surface area contributed by atoms with E-state index >= 15 is 0 Å². The second kappa shape index (κ2) is 11.1. The Balaban J connectivity index is 2.28. The predicted octanol–water partition coefficient (Wildman–Crippen LogP) is 2.63. The van der Waals surface area contributed by atoms with Crippen LogP contribution in [0, 0.1) is 0 Å². The number of alkyl carbamates (subject to hydrolysis) is 1. The third-order valence-corrected chi connectivity index (χ3v) is 3.55. The molecule has 1 aromatic rings. The molecular formula is C19H32N2O4. The van der Waals surface area contributed by atoms with Crippen LogP contribution in [0.25, 0.3) is 0 Å². The average Bonchev–Trinajstić information content (AvgIpc) is 2.55. The van der Waals surface area contributed by atoms with E-state index in [1.165, 1.54) is 0 Å². The summed E-state index contributed by atoms with van der Waals surface area (Å²) in [6.45, 7) is 7.05. The van der Waals surface area contributed by atoms with Gasteiger partial charge in [-0.3, -0.25) is 0 Å². The van der Waals surface area contributed by atoms with Gasteiger partial charge >= 0.3 is 6.09 Å². The minimum Gasteiger partial charge on any atom is -0.444 e. The van der Waals surface area contributed by atoms with Crippen molar-refractivity contribution in [1.82, 2.24) is 10.6 Å². The average molecular weight is 352 g/mol. The van der Waals surface area contributed by atoms with E-state index in [4.69, 9.17) is 9.47 Å². The zero-order chi connectivity index (χ0) is 18.7. The third-order valence-electron chi connectivity index (χ3n) is 3.55. The number of hydrogen-bond donors (Lipinski definition) is 3. The fraction of sp³-hybridized carbons (Fsp3) is 0.632. The summed E-state index contributed by atoms with van der Waals surface area (Å²) in [5.74, 6) is 0. The molecular weight excluding hydrogens is 320 g/mol. The number of methoxy groups -OCH3 is 1. The van der Waals surface area contributed by atoms with Crippen LogP contribution in [0.4, 0.5) is 4.79 Å². The van der Waals surface area contributed by atoms with Crippen LogP contribution in [0.2, 0.25) is 0 Å². The van der Waals surface area contributed by atoms with Gasteiger partial charge in [0.15, 0.2) is 0 Å². The normalized spacial score (nSPS) is 14.0. The topological polar surface area (TPSA) is 79.8 Å². The summed E-state index contributed by atoms with van der Waals surface area (Å²) in [7, 11) is 1.65. The zero-order valence-corrected chi connectivity index (χ0v) is 15.7. The van der Waals surface area contributed by atoms with Gasteiger partial charge in [-0.15, -0.1) is 0 Å². The fourth-order valence-electron chi connectivity index (χ4n) is 2.37. The van der Waals surface area contributed by atoms with Crippen molar-refractivity contribution in [3.05, 3.63) is 35.9 Å². The zero-order valence-electron chi connectivity index (χ0n) is 15.7. The molecule has 142 valence electrons. The molecule has 0 aliphatic heterocycles. The summed E-state index contributed by atoms with van der Waals surface area (Å²) in [4.78, 5) is 11.6. The monoisotopic (exact) mass is 352 g/mol. The molecule has 0 fully saturated rings. The fourth-order valence-corrected chi connectivity index (χ4v) is 2.37. The summed E-state index contributed by atoms with van der Waals surface area (Å²) >= 11 is 0. The Morgan fingerprint density at radius 1 is 1.24 bits per heavy atom. The van der Waals surface area contributed by atoms with Crippen molar-refractivity contribution in [3.8, 4) is 0 Å². The molecule has 1 rings (SSSR count). The highest BCUT2D eigenvalue weighted by atomic mass is 16.6. The number of aliphatic hydroxyl groups excluding tert-OH is 1. The maximum atomic E-state index is 11.6. The molecule has 0 bridgehead atoms. The van der Waals surface area contributed by atoms with Crippen molar-refractivity contribution in [1.29, 1.82) is 0 Å². The lowest BCUT2D eigenvalue weighted by Crippen LogP contribution is -2.37. The van der Waals surface area contributed by atoms with Gasteiger partial charge in [0.2, 0.25) is 0 Å². The van der Waals surface area contributed by atoms with Gasteiger partial charge in [-0.05, 0) is 39.2 Å². The molecule has 0 saturated heterocycles. The molecule has 1 amide bonds. The van der Waals surface area contributed by atoms with Gasteiger partial charge in [0.05, 0.1) is 12.7 Å². The van der Waals surface area contributed by atoms with E-state index in [0.717, 1.165) is 18.4 Å². The van der Waals surface area contributed by atoms with E-state index in [9.17, 15) is 9.90 Å². The van der Waals surface area contributed by atoms with E-state index in [1.54, 1.807) is 7.11 Å². The van der Waals surface area contributed by atoms with Crippen LogP contribution < -0.4 is 10.6 Å². The van der Waals surface area contributed by atoms with E-state index in [0.29, 0.717) is 19.7 Å². The summed E-state index contributed by atoms with van der Waals surface area (Å²) in [5, 5.41) is 16.3. The molecule has 0 heterocycles. The van der Waals surface area contributed by atoms with E-state index < -0.39 is 17.8 Å². The number of rotatable bonds is 10. The van der Waals surface area contributed by atoms with Crippen LogP contribution in [-0.4, -0.2) is 49.6 Å². The molecule has 0 saturated carbocycles. The Morgan fingerprint density at radius 3 is 2.52 bits per heavy atom. The maximum absolute atomic E-state index is 11.6. The summed E-state index contributed by atoms with van der Waals surface area (Å²) in [5.41, 5.74) is 0.399. The lowest BCUT2D eigenvalue weighted by atomic mass is 10.1. The molecule has 3 N–H and O–H groups in total. The summed E-state index contributed by atoms with van der Waals surface area (Å²) in [6, 6.07) is 9.67. The van der Waals surface area contributed by atoms with Gasteiger partial charge in [0, 0.05) is 26.2 Å². The van der Waals surface area contributed by atoms with Crippen LogP contribution in [0.3, 0.4) is 0 Å². The van der Waals surface area contributed by atoms with Crippen molar-refractivity contribution < 1.29 is 19.4 Å². The Labute approximate surface area is 150 Å². The third kappa shape index (κ3) is 10.1. The molecule has 6 heteroatoms. The number of carbonyl (C=O) groups excluding carboxylic acids is 1. The second-order valence-corrected chi connectivity index (χ2v) is 7.06. The minimum absolute atomic E-state index is 0.115. The van der Waals surface area contributed by atoms with Gasteiger partial charge in [-0.2, -0.15) is 0 Å². The van der Waals surface area contributed by atoms with Crippen molar-refractivity contribution in [2.45, 2.75) is 51.4 Å². The first kappa shape index (κ1) is 21.4. The largest absolute Gasteiger partial charge is 0.444 e. The maximum Gasteiger partial charge on any atom is 0.407 e. The van der Waals surface area contributed by atoms with Crippen LogP contribution >= 0.6 is 0 Å². The smallest absolute Gasteiger partial charge is 0.407 e. The number of benzene rings is 1. The lowest BCUT2D eigenvalue weighted by Gasteiger charge is -2.21. The first-order valence-electron chi connectivity index (χ1n) is 8.74. The van der Waals surface area contributed by atoms with E-state index in [-0.39, 0.29) is 6.04 Å². The number of carbonyl (C=O) groups is 1. The quantitative estimate of drug-likeness (QED) is 0.564. The lowest BCUT2D eigenvalue weighted by molar-refractivity contribution is 0.0526. The number of aliphatic hydroxyl groups is 1. The SMILES string of the molecule is COCC(CCCNC(=O)OC(C)(C)C)NCC(O)c1ccccc1. The van der Waals surface area contributed by atoms with E-state index in [1.807, 2.05) is 51.1 Å². The van der Waals surface area contributed by atoms with E-state index in [2.05, 4.69) is 10.6 Å². The van der Waals surface area contributed by atoms with Gasteiger partial charge in [-0.25, -0.2) is 4.79 Å². The highest BCUT2D eigenvalue weighted by Gasteiger charge is 2.16. The number of amides is 1. The molecule has 0 spiro atoms. The first-order chi connectivity index (χ1) is 11.8. The van der Waals surface area contributed by atoms with Gasteiger partial charge in [-0.1, -0.05) is 30.3 Å². The van der Waals surface area contributed by atoms with Crippen LogP contribution in [-0.2, 0) is 9.47 Å². The predicted molar refractivity (Wildman–Crippen MR) is 98.5 cm³/mol.